The summed E-state index contributed by atoms with van der Waals surface area (Å²) in [6.07, 6.45) is 3.51. The molecule has 5 nitrogen and oxygen atoms in total. The SMILES string of the molecule is CC(C)(C)c1ccc(S(=O)(=O)NCc2cnn3ccccc23)cc1. The van der Waals surface area contributed by atoms with E-state index in [2.05, 4.69) is 30.6 Å². The lowest BCUT2D eigenvalue weighted by molar-refractivity contribution is 0.578. The van der Waals surface area contributed by atoms with Crippen LogP contribution >= 0.6 is 0 Å². The number of benzene rings is 1. The Labute approximate surface area is 142 Å². The van der Waals surface area contributed by atoms with E-state index in [1.807, 2.05) is 36.5 Å². The number of sulfonamides is 1. The number of pyridine rings is 1. The van der Waals surface area contributed by atoms with Gasteiger partial charge in [0.15, 0.2) is 0 Å². The van der Waals surface area contributed by atoms with E-state index in [1.165, 1.54) is 0 Å². The average Bonchev–Trinajstić information content (AvgIpc) is 2.96. The zero-order valence-electron chi connectivity index (χ0n) is 14.0. The van der Waals surface area contributed by atoms with Crippen molar-refractivity contribution in [3.05, 3.63) is 66.0 Å². The van der Waals surface area contributed by atoms with Crippen LogP contribution in [-0.4, -0.2) is 18.0 Å². The monoisotopic (exact) mass is 343 g/mol. The number of rotatable bonds is 4. The predicted octanol–water partition coefficient (Wildman–Crippen LogP) is 3.11. The molecular weight excluding hydrogens is 322 g/mol. The second-order valence-corrected chi connectivity index (χ2v) is 8.57. The third-order valence-electron chi connectivity index (χ3n) is 3.99. The van der Waals surface area contributed by atoms with Crippen molar-refractivity contribution in [1.29, 1.82) is 0 Å². The summed E-state index contributed by atoms with van der Waals surface area (Å²) in [4.78, 5) is 0.270. The smallest absolute Gasteiger partial charge is 0.240 e. The fourth-order valence-corrected chi connectivity index (χ4v) is 3.52. The number of hydrogen-bond donors (Lipinski definition) is 1. The molecule has 3 rings (SSSR count). The number of hydrogen-bond acceptors (Lipinski definition) is 3. The van der Waals surface area contributed by atoms with Crippen molar-refractivity contribution in [1.82, 2.24) is 14.3 Å². The standard InChI is InChI=1S/C18H21N3O2S/c1-18(2,3)15-7-9-16(10-8-15)24(22,23)20-13-14-12-19-21-11-5-4-6-17(14)21/h4-12,20H,13H2,1-3H3. The third-order valence-corrected chi connectivity index (χ3v) is 5.41. The topological polar surface area (TPSA) is 63.5 Å². The van der Waals surface area contributed by atoms with Gasteiger partial charge in [0.05, 0.1) is 16.6 Å². The summed E-state index contributed by atoms with van der Waals surface area (Å²) in [6.45, 7) is 6.50. The van der Waals surface area contributed by atoms with Crippen LogP contribution in [0, 0.1) is 0 Å². The molecule has 3 aromatic rings. The van der Waals surface area contributed by atoms with Crippen LogP contribution in [0.15, 0.2) is 59.8 Å². The highest BCUT2D eigenvalue weighted by molar-refractivity contribution is 7.89. The van der Waals surface area contributed by atoms with E-state index in [1.54, 1.807) is 22.8 Å². The van der Waals surface area contributed by atoms with Gasteiger partial charge in [-0.25, -0.2) is 17.7 Å². The second-order valence-electron chi connectivity index (χ2n) is 6.80. The average molecular weight is 343 g/mol. The summed E-state index contributed by atoms with van der Waals surface area (Å²) in [5, 5.41) is 4.21. The van der Waals surface area contributed by atoms with Crippen LogP contribution < -0.4 is 4.72 Å². The summed E-state index contributed by atoms with van der Waals surface area (Å²) in [5.41, 5.74) is 2.82. The molecule has 0 fully saturated rings. The van der Waals surface area contributed by atoms with Crippen molar-refractivity contribution in [2.24, 2.45) is 0 Å². The maximum Gasteiger partial charge on any atom is 0.240 e. The minimum atomic E-state index is -3.55. The molecule has 6 heteroatoms. The van der Waals surface area contributed by atoms with Gasteiger partial charge in [0.25, 0.3) is 0 Å². The maximum absolute atomic E-state index is 12.5. The minimum absolute atomic E-state index is 0.00713. The van der Waals surface area contributed by atoms with Crippen LogP contribution in [0.3, 0.4) is 0 Å². The summed E-state index contributed by atoms with van der Waals surface area (Å²) in [6, 6.07) is 12.7. The highest BCUT2D eigenvalue weighted by Gasteiger charge is 2.18. The molecular formula is C18H21N3O2S. The van der Waals surface area contributed by atoms with Crippen LogP contribution in [-0.2, 0) is 22.0 Å². The Kier molecular flexibility index (Phi) is 4.19. The Bertz CT molecular complexity index is 952. The normalized spacial score (nSPS) is 12.6. The second kappa shape index (κ2) is 6.03. The molecule has 0 aliphatic heterocycles. The molecule has 0 amide bonds. The van der Waals surface area contributed by atoms with Gasteiger partial charge in [-0.05, 0) is 35.2 Å². The first-order valence-corrected chi connectivity index (χ1v) is 9.27. The highest BCUT2D eigenvalue weighted by atomic mass is 32.2. The Morgan fingerprint density at radius 2 is 1.79 bits per heavy atom. The number of nitrogens with one attached hydrogen (secondary N) is 1. The van der Waals surface area contributed by atoms with Gasteiger partial charge in [0.1, 0.15) is 0 Å². The lowest BCUT2D eigenvalue weighted by Gasteiger charge is -2.19. The molecule has 1 aromatic carbocycles. The van der Waals surface area contributed by atoms with Crippen LogP contribution in [0.4, 0.5) is 0 Å². The molecule has 0 saturated heterocycles. The molecule has 0 aliphatic rings. The van der Waals surface area contributed by atoms with Crippen molar-refractivity contribution in [3.63, 3.8) is 0 Å². The Morgan fingerprint density at radius 3 is 2.46 bits per heavy atom. The highest BCUT2D eigenvalue weighted by Crippen LogP contribution is 2.23. The van der Waals surface area contributed by atoms with Gasteiger partial charge >= 0.3 is 0 Å². The van der Waals surface area contributed by atoms with E-state index >= 15 is 0 Å². The number of aromatic nitrogens is 2. The molecule has 0 unspecified atom stereocenters. The van der Waals surface area contributed by atoms with Gasteiger partial charge in [-0.3, -0.25) is 0 Å². The number of nitrogens with zero attached hydrogens (tertiary/aromatic N) is 2. The summed E-state index contributed by atoms with van der Waals surface area (Å²) >= 11 is 0. The Morgan fingerprint density at radius 1 is 1.08 bits per heavy atom. The third kappa shape index (κ3) is 3.34. The molecule has 1 N–H and O–H groups in total. The van der Waals surface area contributed by atoms with E-state index in [4.69, 9.17) is 0 Å². The van der Waals surface area contributed by atoms with E-state index < -0.39 is 10.0 Å². The predicted molar refractivity (Wildman–Crippen MR) is 94.4 cm³/mol. The first-order chi connectivity index (χ1) is 11.3. The Hall–Kier alpha value is -2.18. The molecule has 0 atom stereocenters. The summed E-state index contributed by atoms with van der Waals surface area (Å²) < 4.78 is 29.3. The van der Waals surface area contributed by atoms with Crippen LogP contribution in [0.2, 0.25) is 0 Å². The molecule has 0 saturated carbocycles. The summed E-state index contributed by atoms with van der Waals surface area (Å²) in [7, 11) is -3.55. The first kappa shape index (κ1) is 16.7. The molecule has 2 heterocycles. The van der Waals surface area contributed by atoms with Crippen molar-refractivity contribution in [2.75, 3.05) is 0 Å². The molecule has 0 bridgehead atoms. The van der Waals surface area contributed by atoms with Gasteiger partial charge < -0.3 is 0 Å². The van der Waals surface area contributed by atoms with Gasteiger partial charge in [0, 0.05) is 18.3 Å². The van der Waals surface area contributed by atoms with Gasteiger partial charge in [-0.2, -0.15) is 5.10 Å². The van der Waals surface area contributed by atoms with Crippen LogP contribution in [0.1, 0.15) is 31.9 Å². The fourth-order valence-electron chi connectivity index (χ4n) is 2.51. The van der Waals surface area contributed by atoms with Gasteiger partial charge in [-0.1, -0.05) is 39.0 Å². The zero-order chi connectivity index (χ0) is 17.4. The zero-order valence-corrected chi connectivity index (χ0v) is 14.8. The lowest BCUT2D eigenvalue weighted by Crippen LogP contribution is -2.23. The number of fused-ring (bicyclic) bond motifs is 1. The van der Waals surface area contributed by atoms with Crippen molar-refractivity contribution >= 4 is 15.5 Å². The molecule has 0 radical (unpaired) electrons. The van der Waals surface area contributed by atoms with Gasteiger partial charge in [-0.15, -0.1) is 0 Å². The van der Waals surface area contributed by atoms with Crippen molar-refractivity contribution in [2.45, 2.75) is 37.6 Å². The van der Waals surface area contributed by atoms with Crippen molar-refractivity contribution in [3.8, 4) is 0 Å². The van der Waals surface area contributed by atoms with E-state index in [0.717, 1.165) is 16.6 Å². The molecule has 126 valence electrons. The van der Waals surface area contributed by atoms with Crippen LogP contribution in [0.25, 0.3) is 5.52 Å². The quantitative estimate of drug-likeness (QED) is 0.792. The Balaban J connectivity index is 1.79. The minimum Gasteiger partial charge on any atom is -0.241 e. The van der Waals surface area contributed by atoms with E-state index in [0.29, 0.717) is 0 Å². The summed E-state index contributed by atoms with van der Waals surface area (Å²) in [5.74, 6) is 0. The molecule has 0 aliphatic carbocycles. The molecule has 24 heavy (non-hydrogen) atoms. The van der Waals surface area contributed by atoms with Crippen LogP contribution in [0.5, 0.6) is 0 Å². The lowest BCUT2D eigenvalue weighted by atomic mass is 9.87. The largest absolute Gasteiger partial charge is 0.241 e. The first-order valence-electron chi connectivity index (χ1n) is 7.79. The fraction of sp³-hybridized carbons (Fsp3) is 0.278. The van der Waals surface area contributed by atoms with E-state index in [-0.39, 0.29) is 16.9 Å². The van der Waals surface area contributed by atoms with Crippen molar-refractivity contribution < 1.29 is 8.42 Å². The molecule has 2 aromatic heterocycles. The van der Waals surface area contributed by atoms with E-state index in [9.17, 15) is 8.42 Å². The van der Waals surface area contributed by atoms with Gasteiger partial charge in [0.2, 0.25) is 10.0 Å². The molecule has 0 spiro atoms. The maximum atomic E-state index is 12.5.